The number of hydrogen-bond acceptors (Lipinski definition) is 6. The molecule has 2 heterocycles. The topological polar surface area (TPSA) is 99.9 Å². The summed E-state index contributed by atoms with van der Waals surface area (Å²) in [6, 6.07) is 10.8. The Morgan fingerprint density at radius 3 is 2.27 bits per heavy atom. The number of fused-ring (bicyclic) bond motifs is 1. The smallest absolute Gasteiger partial charge is 0.261 e. The normalized spacial score (nSPS) is 11.3. The standard InChI is InChI=1S/C30H25F3N2O5/c1-15-8-17(9-16(2)27(15)38-7-6-36)26-13-21-28(40-26)22(14-35(3)30(21)37)20-12-19(34)4-5-25(20)39-29-23(32)10-18(31)11-24(29)33/h4-5,8-14,36H,6-7,34H2,1-3H3. The summed E-state index contributed by atoms with van der Waals surface area (Å²) < 4.78 is 61.1. The third kappa shape index (κ3) is 4.89. The van der Waals surface area contributed by atoms with E-state index in [0.717, 1.165) is 11.1 Å². The van der Waals surface area contributed by atoms with Gasteiger partial charge in [-0.15, -0.1) is 0 Å². The lowest BCUT2D eigenvalue weighted by molar-refractivity contribution is 0.200. The lowest BCUT2D eigenvalue weighted by Crippen LogP contribution is -2.15. The van der Waals surface area contributed by atoms with Gasteiger partial charge in [0.25, 0.3) is 5.56 Å². The van der Waals surface area contributed by atoms with Crippen molar-refractivity contribution >= 4 is 16.7 Å². The number of furan rings is 1. The first-order chi connectivity index (χ1) is 19.1. The number of aromatic nitrogens is 1. The molecule has 0 bridgehead atoms. The number of rotatable bonds is 7. The molecule has 0 aliphatic rings. The van der Waals surface area contributed by atoms with Crippen molar-refractivity contribution in [2.24, 2.45) is 7.05 Å². The third-order valence-electron chi connectivity index (χ3n) is 6.40. The first-order valence-corrected chi connectivity index (χ1v) is 12.3. The van der Waals surface area contributed by atoms with Crippen LogP contribution in [0.2, 0.25) is 0 Å². The molecule has 0 saturated heterocycles. The summed E-state index contributed by atoms with van der Waals surface area (Å²) in [6.07, 6.45) is 1.51. The number of aliphatic hydroxyl groups is 1. The summed E-state index contributed by atoms with van der Waals surface area (Å²) in [5.41, 5.74) is 9.24. The second kappa shape index (κ2) is 10.5. The number of benzene rings is 3. The molecule has 0 spiro atoms. The first-order valence-electron chi connectivity index (χ1n) is 12.3. The number of nitrogens with zero attached hydrogens (tertiary/aromatic N) is 1. The van der Waals surface area contributed by atoms with E-state index in [9.17, 15) is 18.0 Å². The molecule has 40 heavy (non-hydrogen) atoms. The van der Waals surface area contributed by atoms with Crippen molar-refractivity contribution < 1.29 is 32.2 Å². The Kier molecular flexibility index (Phi) is 7.03. The maximum absolute atomic E-state index is 14.4. The number of halogens is 3. The van der Waals surface area contributed by atoms with Crippen LogP contribution in [-0.4, -0.2) is 22.9 Å². The summed E-state index contributed by atoms with van der Waals surface area (Å²) in [7, 11) is 1.56. The van der Waals surface area contributed by atoms with Crippen molar-refractivity contribution in [2.75, 3.05) is 18.9 Å². The number of aliphatic hydroxyl groups excluding tert-OH is 1. The highest BCUT2D eigenvalue weighted by atomic mass is 19.1. The van der Waals surface area contributed by atoms with Crippen LogP contribution in [0.1, 0.15) is 11.1 Å². The minimum Gasteiger partial charge on any atom is -0.491 e. The predicted octanol–water partition coefficient (Wildman–Crippen LogP) is 6.25. The molecular formula is C30H25F3N2O5. The van der Waals surface area contributed by atoms with Gasteiger partial charge in [-0.1, -0.05) is 0 Å². The van der Waals surface area contributed by atoms with Gasteiger partial charge < -0.3 is 29.3 Å². The predicted molar refractivity (Wildman–Crippen MR) is 145 cm³/mol. The fourth-order valence-corrected chi connectivity index (χ4v) is 4.64. The van der Waals surface area contributed by atoms with Crippen LogP contribution >= 0.6 is 0 Å². The van der Waals surface area contributed by atoms with Crippen molar-refractivity contribution in [3.05, 3.63) is 93.7 Å². The van der Waals surface area contributed by atoms with Crippen LogP contribution in [0, 0.1) is 31.3 Å². The van der Waals surface area contributed by atoms with Gasteiger partial charge in [0.15, 0.2) is 17.4 Å². The molecule has 0 saturated carbocycles. The zero-order valence-electron chi connectivity index (χ0n) is 21.8. The van der Waals surface area contributed by atoms with Crippen molar-refractivity contribution in [1.82, 2.24) is 4.57 Å². The van der Waals surface area contributed by atoms with E-state index < -0.39 is 23.2 Å². The fraction of sp³-hybridized carbons (Fsp3) is 0.167. The van der Waals surface area contributed by atoms with E-state index in [0.29, 0.717) is 46.0 Å². The van der Waals surface area contributed by atoms with E-state index >= 15 is 0 Å². The van der Waals surface area contributed by atoms with Gasteiger partial charge in [-0.3, -0.25) is 4.79 Å². The van der Waals surface area contributed by atoms with Gasteiger partial charge >= 0.3 is 0 Å². The van der Waals surface area contributed by atoms with Crippen LogP contribution < -0.4 is 20.8 Å². The maximum atomic E-state index is 14.4. The molecule has 0 aliphatic heterocycles. The monoisotopic (exact) mass is 550 g/mol. The van der Waals surface area contributed by atoms with Crippen molar-refractivity contribution in [3.63, 3.8) is 0 Å². The molecule has 206 valence electrons. The molecule has 3 aromatic carbocycles. The van der Waals surface area contributed by atoms with Crippen LogP contribution in [0.3, 0.4) is 0 Å². The van der Waals surface area contributed by atoms with Crippen LogP contribution in [0.5, 0.6) is 17.2 Å². The summed E-state index contributed by atoms with van der Waals surface area (Å²) in [6.45, 7) is 3.76. The molecule has 5 rings (SSSR count). The Bertz CT molecular complexity index is 1780. The summed E-state index contributed by atoms with van der Waals surface area (Å²) >= 11 is 0. The van der Waals surface area contributed by atoms with Gasteiger partial charge in [0.1, 0.15) is 35.3 Å². The van der Waals surface area contributed by atoms with E-state index in [2.05, 4.69) is 0 Å². The highest BCUT2D eigenvalue weighted by Crippen LogP contribution is 2.41. The number of nitrogen functional groups attached to an aromatic ring is 1. The summed E-state index contributed by atoms with van der Waals surface area (Å²) in [5, 5.41) is 9.37. The Hall–Kier alpha value is -4.70. The van der Waals surface area contributed by atoms with Gasteiger partial charge in [0.05, 0.1) is 12.0 Å². The van der Waals surface area contributed by atoms with E-state index in [4.69, 9.17) is 24.7 Å². The number of ether oxygens (including phenoxy) is 2. The van der Waals surface area contributed by atoms with Crippen molar-refractivity contribution in [2.45, 2.75) is 13.8 Å². The number of nitrogens with two attached hydrogens (primary N) is 1. The minimum absolute atomic E-state index is 0.00795. The Morgan fingerprint density at radius 1 is 0.950 bits per heavy atom. The quantitative estimate of drug-likeness (QED) is 0.233. The van der Waals surface area contributed by atoms with E-state index in [1.54, 1.807) is 13.1 Å². The van der Waals surface area contributed by atoms with Gasteiger partial charge in [-0.25, -0.2) is 13.2 Å². The van der Waals surface area contributed by atoms with Crippen LogP contribution in [0.25, 0.3) is 33.4 Å². The lowest BCUT2D eigenvalue weighted by Gasteiger charge is -2.14. The highest BCUT2D eigenvalue weighted by Gasteiger charge is 2.22. The molecule has 0 aliphatic carbocycles. The molecule has 0 atom stereocenters. The van der Waals surface area contributed by atoms with E-state index in [1.165, 1.54) is 29.0 Å². The van der Waals surface area contributed by atoms with Crippen molar-refractivity contribution in [3.8, 4) is 39.7 Å². The third-order valence-corrected chi connectivity index (χ3v) is 6.40. The highest BCUT2D eigenvalue weighted by molar-refractivity contribution is 5.96. The Balaban J connectivity index is 1.68. The molecule has 0 radical (unpaired) electrons. The van der Waals surface area contributed by atoms with Gasteiger partial charge in [-0.2, -0.15) is 0 Å². The zero-order valence-corrected chi connectivity index (χ0v) is 21.8. The van der Waals surface area contributed by atoms with E-state index in [-0.39, 0.29) is 35.5 Å². The van der Waals surface area contributed by atoms with Gasteiger partial charge in [0.2, 0.25) is 0 Å². The molecule has 7 nitrogen and oxygen atoms in total. The van der Waals surface area contributed by atoms with E-state index in [1.807, 2.05) is 26.0 Å². The second-order valence-corrected chi connectivity index (χ2v) is 9.38. The SMILES string of the molecule is Cc1cc(-c2cc3c(=O)n(C)cc(-c4cc(N)ccc4Oc4c(F)cc(F)cc4F)c3o2)cc(C)c1OCCO. The fourth-order valence-electron chi connectivity index (χ4n) is 4.64. The molecule has 10 heteroatoms. The lowest BCUT2D eigenvalue weighted by atomic mass is 10.0. The number of pyridine rings is 1. The van der Waals surface area contributed by atoms with Crippen LogP contribution in [0.4, 0.5) is 18.9 Å². The minimum atomic E-state index is -1.22. The summed E-state index contributed by atoms with van der Waals surface area (Å²) in [4.78, 5) is 13.1. The Morgan fingerprint density at radius 2 is 1.62 bits per heavy atom. The van der Waals surface area contributed by atoms with Crippen molar-refractivity contribution in [1.29, 1.82) is 0 Å². The molecule has 0 fully saturated rings. The Labute approximate surface area is 226 Å². The van der Waals surface area contributed by atoms with Gasteiger partial charge in [0, 0.05) is 47.8 Å². The van der Waals surface area contributed by atoms with Gasteiger partial charge in [-0.05, 0) is 61.4 Å². The molecule has 0 amide bonds. The number of anilines is 1. The molecule has 2 aromatic heterocycles. The second-order valence-electron chi connectivity index (χ2n) is 9.38. The average Bonchev–Trinajstić information content (AvgIpc) is 3.34. The van der Waals surface area contributed by atoms with Crippen LogP contribution in [-0.2, 0) is 7.05 Å². The molecule has 0 unspecified atom stereocenters. The number of hydrogen-bond donors (Lipinski definition) is 2. The molecule has 3 N–H and O–H groups in total. The first kappa shape index (κ1) is 26.9. The molecular weight excluding hydrogens is 525 g/mol. The largest absolute Gasteiger partial charge is 0.491 e. The maximum Gasteiger partial charge on any atom is 0.261 e. The van der Waals surface area contributed by atoms with Crippen LogP contribution in [0.15, 0.2) is 63.9 Å². The molecule has 5 aromatic rings. The summed E-state index contributed by atoms with van der Waals surface area (Å²) in [5.74, 6) is -3.25. The average molecular weight is 551 g/mol. The number of aryl methyl sites for hydroxylation is 3. The zero-order chi connectivity index (χ0) is 28.7.